The normalized spacial score (nSPS) is 9.47. The molecule has 1 rings (SSSR count). The number of carbonyl (C=O) groups is 1. The number of rotatable bonds is 2. The first-order valence-corrected chi connectivity index (χ1v) is 5.51. The van der Waals surface area contributed by atoms with Gasteiger partial charge in [-0.2, -0.15) is 5.26 Å². The number of hydrogen-bond acceptors (Lipinski definition) is 3. The largest absolute Gasteiger partial charge is 0.465 e. The van der Waals surface area contributed by atoms with Crippen LogP contribution in [0.4, 0.5) is 0 Å². The topological polar surface area (TPSA) is 50.1 Å². The maximum Gasteiger partial charge on any atom is 0.340 e. The first-order chi connectivity index (χ1) is 7.15. The van der Waals surface area contributed by atoms with Crippen LogP contribution in [0, 0.1) is 11.3 Å². The smallest absolute Gasteiger partial charge is 0.340 e. The Kier molecular flexibility index (Phi) is 4.13. The summed E-state index contributed by atoms with van der Waals surface area (Å²) in [4.78, 5) is 11.4. The van der Waals surface area contributed by atoms with Gasteiger partial charge in [0.05, 0.1) is 23.3 Å². The van der Waals surface area contributed by atoms with Crippen LogP contribution in [-0.2, 0) is 10.1 Å². The Labute approximate surface area is 101 Å². The van der Waals surface area contributed by atoms with Gasteiger partial charge in [-0.3, -0.25) is 0 Å². The van der Waals surface area contributed by atoms with E-state index in [-0.39, 0.29) is 16.1 Å². The molecule has 0 aliphatic carbocycles. The van der Waals surface area contributed by atoms with Gasteiger partial charge >= 0.3 is 5.97 Å². The Morgan fingerprint density at radius 2 is 2.33 bits per heavy atom. The summed E-state index contributed by atoms with van der Waals surface area (Å²) in [6.45, 7) is 0. The number of hydrogen-bond donors (Lipinski definition) is 0. The number of carbonyl (C=O) groups excluding carboxylic acids is 1. The highest BCUT2D eigenvalue weighted by molar-refractivity contribution is 9.08. The van der Waals surface area contributed by atoms with Gasteiger partial charge in [0.2, 0.25) is 0 Å². The minimum atomic E-state index is -0.598. The van der Waals surface area contributed by atoms with Crippen molar-refractivity contribution >= 4 is 33.5 Å². The number of ether oxygens (including phenoxy) is 1. The third-order valence-corrected chi connectivity index (χ3v) is 2.81. The van der Waals surface area contributed by atoms with Crippen molar-refractivity contribution in [2.75, 3.05) is 7.11 Å². The van der Waals surface area contributed by atoms with Crippen molar-refractivity contribution in [2.24, 2.45) is 0 Å². The van der Waals surface area contributed by atoms with Gasteiger partial charge in [0.1, 0.15) is 6.07 Å². The predicted molar refractivity (Wildman–Crippen MR) is 60.1 cm³/mol. The maximum atomic E-state index is 11.4. The summed E-state index contributed by atoms with van der Waals surface area (Å²) in [5.74, 6) is -0.598. The summed E-state index contributed by atoms with van der Waals surface area (Å²) in [5.41, 5.74) is 1.09. The van der Waals surface area contributed by atoms with Crippen LogP contribution in [0.2, 0.25) is 5.02 Å². The number of methoxy groups -OCH3 is 1. The van der Waals surface area contributed by atoms with E-state index in [4.69, 9.17) is 16.9 Å². The zero-order valence-corrected chi connectivity index (χ0v) is 10.2. The number of nitriles is 1. The van der Waals surface area contributed by atoms with E-state index in [0.717, 1.165) is 0 Å². The molecule has 0 N–H and O–H groups in total. The Morgan fingerprint density at radius 3 is 2.80 bits per heavy atom. The summed E-state index contributed by atoms with van der Waals surface area (Å²) in [7, 11) is 1.25. The first kappa shape index (κ1) is 12.0. The van der Waals surface area contributed by atoms with E-state index < -0.39 is 5.97 Å². The molecule has 1 aromatic carbocycles. The molecule has 5 heteroatoms. The van der Waals surface area contributed by atoms with Crippen molar-refractivity contribution in [2.45, 2.75) is 5.33 Å². The van der Waals surface area contributed by atoms with Gasteiger partial charge in [-0.15, -0.1) is 0 Å². The van der Waals surface area contributed by atoms with Gasteiger partial charge in [0.25, 0.3) is 0 Å². The van der Waals surface area contributed by atoms with Gasteiger partial charge in [-0.1, -0.05) is 33.6 Å². The Morgan fingerprint density at radius 1 is 1.67 bits per heavy atom. The second-order valence-electron chi connectivity index (χ2n) is 2.69. The van der Waals surface area contributed by atoms with Crippen LogP contribution in [0.1, 0.15) is 21.5 Å². The molecule has 0 bridgehead atoms. The highest BCUT2D eigenvalue weighted by atomic mass is 79.9. The third kappa shape index (κ3) is 2.31. The minimum Gasteiger partial charge on any atom is -0.465 e. The molecule has 1 aromatic rings. The van der Waals surface area contributed by atoms with Crippen LogP contribution in [0.5, 0.6) is 0 Å². The number of halogens is 2. The average Bonchev–Trinajstić information content (AvgIpc) is 2.27. The van der Waals surface area contributed by atoms with E-state index in [1.807, 2.05) is 6.07 Å². The lowest BCUT2D eigenvalue weighted by Crippen LogP contribution is -2.07. The summed E-state index contributed by atoms with van der Waals surface area (Å²) in [6, 6.07) is 5.23. The fourth-order valence-corrected chi connectivity index (χ4v) is 1.86. The lowest BCUT2D eigenvalue weighted by atomic mass is 10.0. The zero-order chi connectivity index (χ0) is 11.4. The fraction of sp³-hybridized carbons (Fsp3) is 0.200. The molecule has 0 aliphatic heterocycles. The molecule has 0 aromatic heterocycles. The quantitative estimate of drug-likeness (QED) is 0.621. The molecule has 0 atom stereocenters. The van der Waals surface area contributed by atoms with Gasteiger partial charge in [0, 0.05) is 5.33 Å². The molecular formula is C10H7BrClNO2. The van der Waals surface area contributed by atoms with Crippen molar-refractivity contribution in [1.82, 2.24) is 0 Å². The van der Waals surface area contributed by atoms with E-state index in [9.17, 15) is 4.79 Å². The van der Waals surface area contributed by atoms with E-state index in [1.165, 1.54) is 7.11 Å². The standard InChI is InChI=1S/C10H7BrClNO2/c1-15-10(14)9-7(5-13)6(4-11)2-3-8(9)12/h2-3H,4H2,1H3. The average molecular weight is 289 g/mol. The monoisotopic (exact) mass is 287 g/mol. The maximum absolute atomic E-state index is 11.4. The second-order valence-corrected chi connectivity index (χ2v) is 3.66. The van der Waals surface area contributed by atoms with Crippen molar-refractivity contribution in [3.05, 3.63) is 33.8 Å². The Balaban J connectivity index is 3.47. The van der Waals surface area contributed by atoms with E-state index in [1.54, 1.807) is 12.1 Å². The summed E-state index contributed by atoms with van der Waals surface area (Å²) < 4.78 is 4.57. The molecule has 0 aliphatic rings. The zero-order valence-electron chi connectivity index (χ0n) is 7.88. The number of benzene rings is 1. The van der Waals surface area contributed by atoms with Crippen LogP contribution in [-0.4, -0.2) is 13.1 Å². The molecule has 0 radical (unpaired) electrons. The van der Waals surface area contributed by atoms with Gasteiger partial charge in [-0.25, -0.2) is 4.79 Å². The second kappa shape index (κ2) is 5.15. The van der Waals surface area contributed by atoms with Crippen molar-refractivity contribution in [1.29, 1.82) is 5.26 Å². The minimum absolute atomic E-state index is 0.124. The lowest BCUT2D eigenvalue weighted by molar-refractivity contribution is 0.0600. The van der Waals surface area contributed by atoms with Crippen LogP contribution in [0.3, 0.4) is 0 Å². The molecule has 0 saturated heterocycles. The van der Waals surface area contributed by atoms with Crippen molar-refractivity contribution < 1.29 is 9.53 Å². The van der Waals surface area contributed by atoms with Gasteiger partial charge in [0.15, 0.2) is 0 Å². The molecule has 0 saturated carbocycles. The fourth-order valence-electron chi connectivity index (χ4n) is 1.16. The van der Waals surface area contributed by atoms with Crippen LogP contribution in [0.25, 0.3) is 0 Å². The Hall–Kier alpha value is -1.05. The summed E-state index contributed by atoms with van der Waals surface area (Å²) >= 11 is 9.08. The molecule has 78 valence electrons. The molecule has 0 heterocycles. The number of nitrogens with zero attached hydrogens (tertiary/aromatic N) is 1. The van der Waals surface area contributed by atoms with Gasteiger partial charge in [-0.05, 0) is 11.6 Å². The molecule has 3 nitrogen and oxygen atoms in total. The first-order valence-electron chi connectivity index (χ1n) is 4.01. The van der Waals surface area contributed by atoms with E-state index in [2.05, 4.69) is 20.7 Å². The summed E-state index contributed by atoms with van der Waals surface area (Å²) in [6.07, 6.45) is 0. The SMILES string of the molecule is COC(=O)c1c(Cl)ccc(CBr)c1C#N. The third-order valence-electron chi connectivity index (χ3n) is 1.89. The molecular weight excluding hydrogens is 281 g/mol. The van der Waals surface area contributed by atoms with Crippen LogP contribution >= 0.6 is 27.5 Å². The lowest BCUT2D eigenvalue weighted by Gasteiger charge is -2.07. The van der Waals surface area contributed by atoms with Crippen molar-refractivity contribution in [3.63, 3.8) is 0 Å². The van der Waals surface area contributed by atoms with Gasteiger partial charge < -0.3 is 4.74 Å². The highest BCUT2D eigenvalue weighted by Gasteiger charge is 2.18. The molecule has 0 fully saturated rings. The van der Waals surface area contributed by atoms with Crippen LogP contribution < -0.4 is 0 Å². The number of alkyl halides is 1. The van der Waals surface area contributed by atoms with E-state index in [0.29, 0.717) is 10.9 Å². The molecule has 15 heavy (non-hydrogen) atoms. The molecule has 0 unspecified atom stereocenters. The van der Waals surface area contributed by atoms with E-state index >= 15 is 0 Å². The van der Waals surface area contributed by atoms with Crippen molar-refractivity contribution in [3.8, 4) is 6.07 Å². The summed E-state index contributed by atoms with van der Waals surface area (Å²) in [5, 5.41) is 9.67. The highest BCUT2D eigenvalue weighted by Crippen LogP contribution is 2.25. The number of esters is 1. The van der Waals surface area contributed by atoms with Crippen LogP contribution in [0.15, 0.2) is 12.1 Å². The predicted octanol–water partition coefficient (Wildman–Crippen LogP) is 2.89. The molecule has 0 amide bonds. The molecule has 0 spiro atoms. The Bertz CT molecular complexity index is 440.